The number of nitrogens with zero attached hydrogens (tertiary/aromatic N) is 2. The second-order valence-electron chi connectivity index (χ2n) is 6.09. The van der Waals surface area contributed by atoms with Crippen LogP contribution in [0.25, 0.3) is 0 Å². The fraction of sp³-hybridized carbons (Fsp3) is 0.647. The standard InChI is InChI=1S/C17H28BrN3/c1-4-14(3)20-7-9-21(10-8-20)17(12-19)15-5-6-16(18)13(2)11-15/h5-6,11,14,17H,4,7-10,12,19H2,1-3H3. The summed E-state index contributed by atoms with van der Waals surface area (Å²) in [5.74, 6) is 0. The summed E-state index contributed by atoms with van der Waals surface area (Å²) in [6, 6.07) is 7.65. The predicted molar refractivity (Wildman–Crippen MR) is 93.6 cm³/mol. The molecule has 4 heteroatoms. The molecule has 0 bridgehead atoms. The highest BCUT2D eigenvalue weighted by molar-refractivity contribution is 9.10. The number of nitrogens with two attached hydrogens (primary N) is 1. The molecule has 0 radical (unpaired) electrons. The second kappa shape index (κ2) is 7.73. The molecule has 21 heavy (non-hydrogen) atoms. The molecule has 3 nitrogen and oxygen atoms in total. The first kappa shape index (κ1) is 16.9. The first-order valence-corrected chi connectivity index (χ1v) is 8.80. The molecule has 0 aromatic heterocycles. The number of hydrogen-bond donors (Lipinski definition) is 1. The number of halogens is 1. The Hall–Kier alpha value is -0.420. The molecular weight excluding hydrogens is 326 g/mol. The monoisotopic (exact) mass is 353 g/mol. The van der Waals surface area contributed by atoms with Crippen molar-refractivity contribution in [1.29, 1.82) is 0 Å². The van der Waals surface area contributed by atoms with E-state index in [1.165, 1.54) is 22.0 Å². The van der Waals surface area contributed by atoms with Crippen LogP contribution in [0, 0.1) is 6.92 Å². The lowest BCUT2D eigenvalue weighted by Gasteiger charge is -2.41. The van der Waals surface area contributed by atoms with Crippen molar-refractivity contribution in [1.82, 2.24) is 9.80 Å². The molecule has 1 aromatic carbocycles. The van der Waals surface area contributed by atoms with Crippen LogP contribution in [0.15, 0.2) is 22.7 Å². The van der Waals surface area contributed by atoms with Crippen molar-refractivity contribution in [2.45, 2.75) is 39.3 Å². The van der Waals surface area contributed by atoms with Crippen molar-refractivity contribution in [2.75, 3.05) is 32.7 Å². The van der Waals surface area contributed by atoms with Crippen molar-refractivity contribution < 1.29 is 0 Å². The van der Waals surface area contributed by atoms with Crippen molar-refractivity contribution in [3.63, 3.8) is 0 Å². The fourth-order valence-corrected chi connectivity index (χ4v) is 3.37. The Labute approximate surface area is 137 Å². The van der Waals surface area contributed by atoms with E-state index >= 15 is 0 Å². The van der Waals surface area contributed by atoms with Crippen molar-refractivity contribution in [2.24, 2.45) is 5.73 Å². The molecule has 2 N–H and O–H groups in total. The fourth-order valence-electron chi connectivity index (χ4n) is 3.12. The van der Waals surface area contributed by atoms with Gasteiger partial charge in [-0.25, -0.2) is 0 Å². The van der Waals surface area contributed by atoms with E-state index in [-0.39, 0.29) is 0 Å². The van der Waals surface area contributed by atoms with Crippen LogP contribution in [-0.4, -0.2) is 48.6 Å². The molecule has 1 aliphatic heterocycles. The molecule has 1 aliphatic rings. The van der Waals surface area contributed by atoms with Crippen LogP contribution in [0.1, 0.15) is 37.4 Å². The number of piperazine rings is 1. The SMILES string of the molecule is CCC(C)N1CCN(C(CN)c2ccc(Br)c(C)c2)CC1. The molecule has 0 amide bonds. The largest absolute Gasteiger partial charge is 0.329 e. The van der Waals surface area contributed by atoms with Crippen LogP contribution in [0.2, 0.25) is 0 Å². The number of aryl methyl sites for hydroxylation is 1. The maximum Gasteiger partial charge on any atom is 0.0471 e. The highest BCUT2D eigenvalue weighted by Crippen LogP contribution is 2.26. The van der Waals surface area contributed by atoms with Gasteiger partial charge in [0.15, 0.2) is 0 Å². The Bertz CT molecular complexity index is 455. The van der Waals surface area contributed by atoms with Gasteiger partial charge < -0.3 is 5.73 Å². The summed E-state index contributed by atoms with van der Waals surface area (Å²) in [7, 11) is 0. The summed E-state index contributed by atoms with van der Waals surface area (Å²) in [5, 5.41) is 0. The minimum atomic E-state index is 0.343. The Morgan fingerprint density at radius 2 is 1.81 bits per heavy atom. The Kier molecular flexibility index (Phi) is 6.23. The molecule has 2 rings (SSSR count). The van der Waals surface area contributed by atoms with Gasteiger partial charge >= 0.3 is 0 Å². The van der Waals surface area contributed by atoms with Gasteiger partial charge in [0.2, 0.25) is 0 Å². The Morgan fingerprint density at radius 1 is 1.19 bits per heavy atom. The Morgan fingerprint density at radius 3 is 2.33 bits per heavy atom. The molecule has 0 aliphatic carbocycles. The van der Waals surface area contributed by atoms with Gasteiger partial charge in [-0.2, -0.15) is 0 Å². The topological polar surface area (TPSA) is 32.5 Å². The molecule has 0 saturated carbocycles. The summed E-state index contributed by atoms with van der Waals surface area (Å²) in [4.78, 5) is 5.14. The quantitative estimate of drug-likeness (QED) is 0.882. The second-order valence-corrected chi connectivity index (χ2v) is 6.94. The summed E-state index contributed by atoms with van der Waals surface area (Å²) in [6.07, 6.45) is 1.23. The minimum absolute atomic E-state index is 0.343. The van der Waals surface area contributed by atoms with Gasteiger partial charge in [-0.15, -0.1) is 0 Å². The van der Waals surface area contributed by atoms with Gasteiger partial charge in [-0.05, 0) is 37.5 Å². The maximum atomic E-state index is 6.08. The number of hydrogen-bond acceptors (Lipinski definition) is 3. The predicted octanol–water partition coefficient (Wildman–Crippen LogP) is 3.17. The zero-order valence-electron chi connectivity index (χ0n) is 13.5. The Balaban J connectivity index is 2.04. The summed E-state index contributed by atoms with van der Waals surface area (Å²) >= 11 is 3.58. The van der Waals surface area contributed by atoms with Gasteiger partial charge in [0, 0.05) is 49.3 Å². The van der Waals surface area contributed by atoms with Crippen molar-refractivity contribution in [3.05, 3.63) is 33.8 Å². The number of rotatable bonds is 5. The third-order valence-electron chi connectivity index (χ3n) is 4.79. The van der Waals surface area contributed by atoms with E-state index in [0.29, 0.717) is 18.6 Å². The lowest BCUT2D eigenvalue weighted by atomic mass is 10.0. The molecule has 1 heterocycles. The third kappa shape index (κ3) is 4.07. The van der Waals surface area contributed by atoms with Crippen molar-refractivity contribution in [3.8, 4) is 0 Å². The molecule has 1 saturated heterocycles. The smallest absolute Gasteiger partial charge is 0.0471 e. The highest BCUT2D eigenvalue weighted by Gasteiger charge is 2.25. The van der Waals surface area contributed by atoms with Crippen molar-refractivity contribution >= 4 is 15.9 Å². The van der Waals surface area contributed by atoms with Crippen LogP contribution < -0.4 is 5.73 Å². The van der Waals surface area contributed by atoms with Gasteiger partial charge in [0.05, 0.1) is 0 Å². The van der Waals surface area contributed by atoms with Gasteiger partial charge in [-0.3, -0.25) is 9.80 Å². The van der Waals surface area contributed by atoms with E-state index in [0.717, 1.165) is 26.2 Å². The van der Waals surface area contributed by atoms with Crippen LogP contribution in [-0.2, 0) is 0 Å². The van der Waals surface area contributed by atoms with Gasteiger partial charge in [-0.1, -0.05) is 35.0 Å². The summed E-state index contributed by atoms with van der Waals surface area (Å²) < 4.78 is 1.17. The van der Waals surface area contributed by atoms with E-state index < -0.39 is 0 Å². The molecule has 1 aromatic rings. The van der Waals surface area contributed by atoms with E-state index in [9.17, 15) is 0 Å². The zero-order valence-corrected chi connectivity index (χ0v) is 15.1. The lowest BCUT2D eigenvalue weighted by Crippen LogP contribution is -2.51. The zero-order chi connectivity index (χ0) is 15.4. The highest BCUT2D eigenvalue weighted by atomic mass is 79.9. The van der Waals surface area contributed by atoms with Crippen LogP contribution in [0.4, 0.5) is 0 Å². The molecule has 0 spiro atoms. The van der Waals surface area contributed by atoms with Crippen LogP contribution >= 0.6 is 15.9 Å². The minimum Gasteiger partial charge on any atom is -0.329 e. The van der Waals surface area contributed by atoms with Gasteiger partial charge in [0.25, 0.3) is 0 Å². The molecule has 2 atom stereocenters. The maximum absolute atomic E-state index is 6.08. The lowest BCUT2D eigenvalue weighted by molar-refractivity contribution is 0.0743. The average molecular weight is 354 g/mol. The first-order chi connectivity index (χ1) is 10.1. The van der Waals surface area contributed by atoms with Crippen LogP contribution in [0.5, 0.6) is 0 Å². The van der Waals surface area contributed by atoms with E-state index in [2.05, 4.69) is 64.7 Å². The first-order valence-electron chi connectivity index (χ1n) is 8.01. The van der Waals surface area contributed by atoms with E-state index in [4.69, 9.17) is 5.73 Å². The molecule has 2 unspecified atom stereocenters. The van der Waals surface area contributed by atoms with Crippen LogP contribution in [0.3, 0.4) is 0 Å². The molecule has 118 valence electrons. The van der Waals surface area contributed by atoms with E-state index in [1.54, 1.807) is 0 Å². The summed E-state index contributed by atoms with van der Waals surface area (Å²) in [5.41, 5.74) is 8.70. The van der Waals surface area contributed by atoms with Gasteiger partial charge in [0.1, 0.15) is 0 Å². The average Bonchev–Trinajstić information content (AvgIpc) is 2.51. The molecule has 1 fully saturated rings. The normalized spacial score (nSPS) is 20.4. The summed E-state index contributed by atoms with van der Waals surface area (Å²) in [6.45, 7) is 12.0. The third-order valence-corrected chi connectivity index (χ3v) is 5.68. The van der Waals surface area contributed by atoms with E-state index in [1.807, 2.05) is 0 Å². The molecular formula is C17H28BrN3. The number of benzene rings is 1.